The molecule has 7 atom stereocenters. The highest BCUT2D eigenvalue weighted by molar-refractivity contribution is 5.80. The number of hydrogen-bond donors (Lipinski definition) is 0. The first-order chi connectivity index (χ1) is 15.1. The van der Waals surface area contributed by atoms with E-state index in [4.69, 9.17) is 9.47 Å². The maximum atomic E-state index is 13.3. The molecule has 7 unspecified atom stereocenters. The van der Waals surface area contributed by atoms with E-state index < -0.39 is 10.8 Å². The molecular weight excluding hydrogens is 400 g/mol. The second-order valence-corrected chi connectivity index (χ2v) is 11.1. The fourth-order valence-electron chi connectivity index (χ4n) is 5.77. The van der Waals surface area contributed by atoms with Crippen LogP contribution in [0.1, 0.15) is 79.6 Å². The third kappa shape index (κ3) is 5.38. The van der Waals surface area contributed by atoms with E-state index in [1.54, 1.807) is 0 Å². The molecule has 3 rings (SSSR count). The molecule has 4 heteroatoms. The maximum Gasteiger partial charge on any atom is 0.312 e. The number of allylic oxidation sites excluding steroid dienone is 3. The van der Waals surface area contributed by atoms with E-state index >= 15 is 0 Å². The van der Waals surface area contributed by atoms with Gasteiger partial charge in [-0.25, -0.2) is 0 Å². The van der Waals surface area contributed by atoms with Crippen molar-refractivity contribution in [1.82, 2.24) is 0 Å². The Bertz CT molecular complexity index is 763. The summed E-state index contributed by atoms with van der Waals surface area (Å²) < 4.78 is 12.0. The van der Waals surface area contributed by atoms with Gasteiger partial charge in [-0.05, 0) is 77.6 Å². The van der Waals surface area contributed by atoms with Crippen molar-refractivity contribution in [2.45, 2.75) is 91.8 Å². The van der Waals surface area contributed by atoms with E-state index in [0.717, 1.165) is 32.1 Å². The molecule has 32 heavy (non-hydrogen) atoms. The van der Waals surface area contributed by atoms with Gasteiger partial charge in [0.25, 0.3) is 0 Å². The zero-order chi connectivity index (χ0) is 23.5. The summed E-state index contributed by atoms with van der Waals surface area (Å²) in [5, 5.41) is 0. The number of ether oxygens (including phenoxy) is 2. The molecule has 0 heterocycles. The molecule has 0 amide bonds. The standard InChI is InChI=1S/C28H42O4/c1-7-10-11-19-14-21(8-2)23(16-19)32-26(30)28(6,9-3)18-27(4,5)25(29)31-24-17-20-12-13-22(24)15-20/h8,10-13,19-24H,2,7,9,14-18H2,1,3-6H3/b11-10+. The van der Waals surface area contributed by atoms with Crippen LogP contribution in [0.2, 0.25) is 0 Å². The number of carbonyl (C=O) groups is 2. The summed E-state index contributed by atoms with van der Waals surface area (Å²) in [4.78, 5) is 26.4. The van der Waals surface area contributed by atoms with Crippen molar-refractivity contribution in [3.05, 3.63) is 37.0 Å². The number of rotatable bonds is 10. The summed E-state index contributed by atoms with van der Waals surface area (Å²) in [7, 11) is 0. The fourth-order valence-corrected chi connectivity index (χ4v) is 5.77. The van der Waals surface area contributed by atoms with Crippen LogP contribution in [0.25, 0.3) is 0 Å². The van der Waals surface area contributed by atoms with Crippen LogP contribution in [0, 0.1) is 34.5 Å². The van der Waals surface area contributed by atoms with Gasteiger partial charge in [0.2, 0.25) is 0 Å². The average molecular weight is 443 g/mol. The predicted octanol–water partition coefficient (Wildman–Crippen LogP) is 6.42. The molecule has 0 radical (unpaired) electrons. The Morgan fingerprint density at radius 1 is 1.00 bits per heavy atom. The van der Waals surface area contributed by atoms with Crippen LogP contribution in [0.15, 0.2) is 37.0 Å². The Balaban J connectivity index is 1.62. The molecule has 4 nitrogen and oxygen atoms in total. The van der Waals surface area contributed by atoms with Gasteiger partial charge in [-0.1, -0.05) is 44.2 Å². The summed E-state index contributed by atoms with van der Waals surface area (Å²) in [6, 6.07) is 0. The Hall–Kier alpha value is -1.84. The van der Waals surface area contributed by atoms with Crippen molar-refractivity contribution < 1.29 is 19.1 Å². The predicted molar refractivity (Wildman–Crippen MR) is 128 cm³/mol. The maximum absolute atomic E-state index is 13.3. The SMILES string of the molecule is C=CC1CC(/C=C/CC)CC1OC(=O)C(C)(CC)CC(C)(C)C(=O)OC1CC2C=CC1C2. The number of hydrogen-bond acceptors (Lipinski definition) is 4. The molecule has 0 aliphatic heterocycles. The van der Waals surface area contributed by atoms with Gasteiger partial charge < -0.3 is 9.47 Å². The highest BCUT2D eigenvalue weighted by Crippen LogP contribution is 2.44. The second-order valence-electron chi connectivity index (χ2n) is 11.1. The first-order valence-corrected chi connectivity index (χ1v) is 12.5. The molecule has 0 saturated heterocycles. The van der Waals surface area contributed by atoms with Gasteiger partial charge in [0.15, 0.2) is 0 Å². The van der Waals surface area contributed by atoms with Gasteiger partial charge in [0, 0.05) is 11.8 Å². The van der Waals surface area contributed by atoms with Crippen molar-refractivity contribution >= 4 is 11.9 Å². The third-order valence-corrected chi connectivity index (χ3v) is 7.93. The highest BCUT2D eigenvalue weighted by Gasteiger charge is 2.47. The van der Waals surface area contributed by atoms with Crippen molar-refractivity contribution in [2.24, 2.45) is 34.5 Å². The largest absolute Gasteiger partial charge is 0.461 e. The summed E-state index contributed by atoms with van der Waals surface area (Å²) in [6.45, 7) is 13.8. The molecule has 0 N–H and O–H groups in total. The molecule has 178 valence electrons. The van der Waals surface area contributed by atoms with E-state index in [0.29, 0.717) is 30.6 Å². The van der Waals surface area contributed by atoms with Gasteiger partial charge in [0.05, 0.1) is 10.8 Å². The molecule has 0 aromatic rings. The Labute approximate surface area is 194 Å². The molecule has 0 aromatic carbocycles. The van der Waals surface area contributed by atoms with E-state index in [2.05, 4.69) is 37.8 Å². The van der Waals surface area contributed by atoms with Crippen molar-refractivity contribution in [2.75, 3.05) is 0 Å². The molecular formula is C28H42O4. The van der Waals surface area contributed by atoms with Gasteiger partial charge in [0.1, 0.15) is 12.2 Å². The molecule has 2 saturated carbocycles. The Morgan fingerprint density at radius 2 is 1.72 bits per heavy atom. The molecule has 2 bridgehead atoms. The quantitative estimate of drug-likeness (QED) is 0.289. The Kier molecular flexibility index (Phi) is 7.73. The van der Waals surface area contributed by atoms with Crippen LogP contribution in [0.4, 0.5) is 0 Å². The summed E-state index contributed by atoms with van der Waals surface area (Å²) in [5.74, 6) is 1.10. The van der Waals surface area contributed by atoms with Crippen LogP contribution in [-0.4, -0.2) is 24.1 Å². The third-order valence-electron chi connectivity index (χ3n) is 7.93. The minimum atomic E-state index is -0.755. The number of fused-ring (bicyclic) bond motifs is 2. The van der Waals surface area contributed by atoms with E-state index in [1.807, 2.05) is 33.8 Å². The minimum Gasteiger partial charge on any atom is -0.461 e. The van der Waals surface area contributed by atoms with E-state index in [9.17, 15) is 9.59 Å². The summed E-state index contributed by atoms with van der Waals surface area (Å²) in [6.07, 6.45) is 16.5. The average Bonchev–Trinajstić information content (AvgIpc) is 3.47. The zero-order valence-electron chi connectivity index (χ0n) is 20.6. The van der Waals surface area contributed by atoms with Gasteiger partial charge in [-0.15, -0.1) is 6.58 Å². The number of esters is 2. The normalized spacial score (nSPS) is 33.4. The van der Waals surface area contributed by atoms with Crippen LogP contribution in [0.3, 0.4) is 0 Å². The summed E-state index contributed by atoms with van der Waals surface area (Å²) in [5.41, 5.74) is -1.49. The fraction of sp³-hybridized carbons (Fsp3) is 0.714. The lowest BCUT2D eigenvalue weighted by molar-refractivity contribution is -0.170. The lowest BCUT2D eigenvalue weighted by atomic mass is 9.72. The molecule has 2 fully saturated rings. The lowest BCUT2D eigenvalue weighted by Crippen LogP contribution is -2.41. The van der Waals surface area contributed by atoms with Crippen LogP contribution in [-0.2, 0) is 19.1 Å². The molecule has 0 spiro atoms. The Morgan fingerprint density at radius 3 is 2.28 bits per heavy atom. The van der Waals surface area contributed by atoms with Crippen molar-refractivity contribution in [3.63, 3.8) is 0 Å². The first-order valence-electron chi connectivity index (χ1n) is 12.5. The van der Waals surface area contributed by atoms with Gasteiger partial charge in [-0.3, -0.25) is 9.59 Å². The topological polar surface area (TPSA) is 52.6 Å². The number of carbonyl (C=O) groups excluding carboxylic acids is 2. The van der Waals surface area contributed by atoms with Crippen molar-refractivity contribution in [1.29, 1.82) is 0 Å². The summed E-state index contributed by atoms with van der Waals surface area (Å²) >= 11 is 0. The monoisotopic (exact) mass is 442 g/mol. The lowest BCUT2D eigenvalue weighted by Gasteiger charge is -2.36. The van der Waals surface area contributed by atoms with Crippen LogP contribution in [0.5, 0.6) is 0 Å². The zero-order valence-corrected chi connectivity index (χ0v) is 20.6. The smallest absolute Gasteiger partial charge is 0.312 e. The molecule has 3 aliphatic rings. The molecule has 0 aromatic heterocycles. The highest BCUT2D eigenvalue weighted by atomic mass is 16.6. The molecule has 3 aliphatic carbocycles. The van der Waals surface area contributed by atoms with Crippen LogP contribution < -0.4 is 0 Å². The first kappa shape index (κ1) is 24.8. The van der Waals surface area contributed by atoms with Gasteiger partial charge >= 0.3 is 11.9 Å². The van der Waals surface area contributed by atoms with Crippen molar-refractivity contribution in [3.8, 4) is 0 Å². The van der Waals surface area contributed by atoms with E-state index in [-0.39, 0.29) is 30.1 Å². The van der Waals surface area contributed by atoms with E-state index in [1.165, 1.54) is 0 Å². The van der Waals surface area contributed by atoms with Gasteiger partial charge in [-0.2, -0.15) is 0 Å². The van der Waals surface area contributed by atoms with Crippen LogP contribution >= 0.6 is 0 Å². The second kappa shape index (κ2) is 9.97. The minimum absolute atomic E-state index is 0.0171.